The van der Waals surface area contributed by atoms with Crippen molar-refractivity contribution < 1.29 is 27.5 Å². The number of nitrogens with one attached hydrogen (secondary N) is 1. The molecule has 3 aliphatic rings. The van der Waals surface area contributed by atoms with Gasteiger partial charge in [-0.05, 0) is 56.9 Å². The number of nitrogens with zero attached hydrogens (tertiary/aromatic N) is 3. The molecule has 1 aliphatic carbocycles. The number of hydrogen-bond acceptors (Lipinski definition) is 6. The fraction of sp³-hybridized carbons (Fsp3) is 0.478. The molecule has 2 aliphatic heterocycles. The van der Waals surface area contributed by atoms with E-state index in [0.29, 0.717) is 24.8 Å². The number of benzene rings is 1. The fourth-order valence-corrected chi connectivity index (χ4v) is 7.88. The molecule has 194 valence electrons. The lowest BCUT2D eigenvalue weighted by Crippen LogP contribution is -2.91. The van der Waals surface area contributed by atoms with Crippen molar-refractivity contribution in [1.29, 1.82) is 0 Å². The van der Waals surface area contributed by atoms with Gasteiger partial charge in [0.15, 0.2) is 17.6 Å². The minimum atomic E-state index is -3.98. The Kier molecular flexibility index (Phi) is 7.23. The fourth-order valence-electron chi connectivity index (χ4n) is 5.12. The van der Waals surface area contributed by atoms with Crippen LogP contribution in [0.3, 0.4) is 0 Å². The maximum absolute atomic E-state index is 13.2. The van der Waals surface area contributed by atoms with Crippen LogP contribution in [0.2, 0.25) is 5.02 Å². The minimum Gasteiger partial charge on any atom is -0.504 e. The number of quaternary nitrogens is 1. The van der Waals surface area contributed by atoms with E-state index in [1.165, 1.54) is 16.4 Å². The first kappa shape index (κ1) is 25.4. The van der Waals surface area contributed by atoms with Gasteiger partial charge in [-0.1, -0.05) is 24.4 Å². The summed E-state index contributed by atoms with van der Waals surface area (Å²) in [5, 5.41) is 15.7. The molecule has 1 saturated heterocycles. The second-order valence-corrected chi connectivity index (χ2v) is 12.4. The van der Waals surface area contributed by atoms with Gasteiger partial charge in [-0.15, -0.1) is 8.80 Å². The molecule has 2 unspecified atom stereocenters. The summed E-state index contributed by atoms with van der Waals surface area (Å²) in [6, 6.07) is 6.67. The van der Waals surface area contributed by atoms with Crippen LogP contribution in [-0.4, -0.2) is 46.8 Å². The lowest BCUT2D eigenvalue weighted by atomic mass is 9.96. The molecule has 0 bridgehead atoms. The van der Waals surface area contributed by atoms with Gasteiger partial charge in [0.1, 0.15) is 10.7 Å². The molecule has 3 heterocycles. The van der Waals surface area contributed by atoms with Crippen molar-refractivity contribution in [2.75, 3.05) is 18.4 Å². The SMILES string of the molecule is Cc1ccc(C([NH2+]C2=NS(=O)N=C2Nc2ccc(Cl)c(S(=O)(=O)N3CCCC3)c2O)C2CCCC2)o1. The standard InChI is InChI=1S/C23H28ClN5O5S2/c1-14-8-11-18(34-14)19(15-6-2-3-7-15)26-23-22(27-35(31)28-23)25-17-10-9-16(24)21(20(17)30)36(32,33)29-12-4-5-13-29/h8-11,15,19,30H,2-7,12-13H2,1H3,(H,25,27)(H,26,28)/p+1. The number of phenolic OH excluding ortho intramolecular Hbond substituents is 1. The van der Waals surface area contributed by atoms with Crippen LogP contribution < -0.4 is 10.6 Å². The van der Waals surface area contributed by atoms with Crippen LogP contribution >= 0.6 is 11.6 Å². The highest BCUT2D eigenvalue weighted by molar-refractivity contribution is 7.89. The van der Waals surface area contributed by atoms with Gasteiger partial charge in [0.05, 0.1) is 10.7 Å². The quantitative estimate of drug-likeness (QED) is 0.469. The highest BCUT2D eigenvalue weighted by Crippen LogP contribution is 2.39. The van der Waals surface area contributed by atoms with Gasteiger partial charge in [-0.3, -0.25) is 5.32 Å². The first-order valence-corrected chi connectivity index (χ1v) is 14.9. The Bertz CT molecular complexity index is 1340. The van der Waals surface area contributed by atoms with E-state index in [9.17, 15) is 17.7 Å². The summed E-state index contributed by atoms with van der Waals surface area (Å²) in [6.45, 7) is 2.65. The number of halogens is 1. The number of sulfonamides is 1. The zero-order valence-electron chi connectivity index (χ0n) is 19.8. The minimum absolute atomic E-state index is 0.0724. The highest BCUT2D eigenvalue weighted by Gasteiger charge is 2.37. The number of nitrogens with two attached hydrogens (primary N) is 1. The van der Waals surface area contributed by atoms with Crippen molar-refractivity contribution in [2.24, 2.45) is 14.7 Å². The van der Waals surface area contributed by atoms with E-state index in [1.807, 2.05) is 24.4 Å². The zero-order valence-corrected chi connectivity index (χ0v) is 22.2. The molecule has 4 N–H and O–H groups in total. The van der Waals surface area contributed by atoms with Crippen LogP contribution in [0.4, 0.5) is 5.69 Å². The van der Waals surface area contributed by atoms with E-state index in [0.717, 1.165) is 50.0 Å². The van der Waals surface area contributed by atoms with Crippen molar-refractivity contribution in [2.45, 2.75) is 56.4 Å². The van der Waals surface area contributed by atoms with Gasteiger partial charge in [0.25, 0.3) is 17.0 Å². The molecule has 13 heteroatoms. The van der Waals surface area contributed by atoms with Crippen LogP contribution in [0.1, 0.15) is 56.1 Å². The van der Waals surface area contributed by atoms with Gasteiger partial charge < -0.3 is 14.8 Å². The molecule has 10 nitrogen and oxygen atoms in total. The maximum atomic E-state index is 13.2. The summed E-state index contributed by atoms with van der Waals surface area (Å²) in [4.78, 5) is -0.354. The van der Waals surface area contributed by atoms with Gasteiger partial charge in [-0.25, -0.2) is 12.6 Å². The van der Waals surface area contributed by atoms with Gasteiger partial charge >= 0.3 is 0 Å². The summed E-state index contributed by atoms with van der Waals surface area (Å²) in [5.41, 5.74) is 0.0854. The van der Waals surface area contributed by atoms with Gasteiger partial charge in [-0.2, -0.15) is 4.31 Å². The first-order valence-electron chi connectivity index (χ1n) is 12.0. The first-order chi connectivity index (χ1) is 17.2. The number of phenols is 1. The second kappa shape index (κ2) is 10.3. The van der Waals surface area contributed by atoms with E-state index >= 15 is 0 Å². The number of aromatic hydroxyl groups is 1. The number of anilines is 1. The van der Waals surface area contributed by atoms with Crippen LogP contribution in [0.5, 0.6) is 5.75 Å². The predicted molar refractivity (Wildman–Crippen MR) is 138 cm³/mol. The average Bonchev–Trinajstić information content (AvgIpc) is 3.63. The molecule has 2 atom stereocenters. The van der Waals surface area contributed by atoms with E-state index in [2.05, 4.69) is 14.1 Å². The summed E-state index contributed by atoms with van der Waals surface area (Å²) in [5.74, 6) is 2.02. The van der Waals surface area contributed by atoms with Crippen molar-refractivity contribution in [3.63, 3.8) is 0 Å². The number of hydrogen-bond donors (Lipinski definition) is 3. The highest BCUT2D eigenvalue weighted by atomic mass is 35.5. The van der Waals surface area contributed by atoms with E-state index in [1.54, 1.807) is 0 Å². The smallest absolute Gasteiger partial charge is 0.279 e. The molecular formula is C23H29ClN5O5S2+. The molecule has 36 heavy (non-hydrogen) atoms. The molecule has 1 saturated carbocycles. The third kappa shape index (κ3) is 4.97. The lowest BCUT2D eigenvalue weighted by molar-refractivity contribution is -0.596. The predicted octanol–water partition coefficient (Wildman–Crippen LogP) is 3.03. The number of rotatable bonds is 6. The lowest BCUT2D eigenvalue weighted by Gasteiger charge is -2.20. The van der Waals surface area contributed by atoms with Gasteiger partial charge in [0.2, 0.25) is 15.9 Å². The molecule has 1 aromatic carbocycles. The van der Waals surface area contributed by atoms with Crippen LogP contribution in [0.25, 0.3) is 0 Å². The van der Waals surface area contributed by atoms with E-state index in [-0.39, 0.29) is 27.5 Å². The molecule has 1 aromatic heterocycles. The number of aryl methyl sites for hydroxylation is 1. The molecule has 0 amide bonds. The Morgan fingerprint density at radius 3 is 2.56 bits per heavy atom. The summed E-state index contributed by atoms with van der Waals surface area (Å²) in [6.07, 6.45) is 5.88. The molecule has 0 radical (unpaired) electrons. The molecule has 2 fully saturated rings. The van der Waals surface area contributed by atoms with E-state index in [4.69, 9.17) is 16.0 Å². The Labute approximate surface area is 217 Å². The second-order valence-electron chi connectivity index (χ2n) is 9.34. The Morgan fingerprint density at radius 1 is 1.17 bits per heavy atom. The van der Waals surface area contributed by atoms with Crippen LogP contribution in [-0.2, 0) is 21.2 Å². The summed E-state index contributed by atoms with van der Waals surface area (Å²) < 4.78 is 54.2. The van der Waals surface area contributed by atoms with Crippen molar-refractivity contribution in [3.05, 3.63) is 40.8 Å². The van der Waals surface area contributed by atoms with E-state index < -0.39 is 26.9 Å². The normalized spacial score (nSPS) is 22.1. The van der Waals surface area contributed by atoms with Gasteiger partial charge in [0, 0.05) is 19.0 Å². The van der Waals surface area contributed by atoms with Crippen LogP contribution in [0, 0.1) is 12.8 Å². The molecule has 2 aromatic rings. The molecule has 5 rings (SSSR count). The molecular weight excluding hydrogens is 526 g/mol. The van der Waals surface area contributed by atoms with Crippen molar-refractivity contribution >= 4 is 50.2 Å². The number of furan rings is 1. The number of amidine groups is 2. The Balaban J connectivity index is 1.43. The van der Waals surface area contributed by atoms with Crippen molar-refractivity contribution in [3.8, 4) is 5.75 Å². The topological polar surface area (TPSA) is 141 Å². The Morgan fingerprint density at radius 2 is 1.89 bits per heavy atom. The average molecular weight is 555 g/mol. The zero-order chi connectivity index (χ0) is 25.4. The van der Waals surface area contributed by atoms with Crippen LogP contribution in [0.15, 0.2) is 42.4 Å². The monoisotopic (exact) mass is 554 g/mol. The van der Waals surface area contributed by atoms with Crippen molar-refractivity contribution in [1.82, 2.24) is 4.31 Å². The largest absolute Gasteiger partial charge is 0.504 e. The molecule has 0 spiro atoms. The third-order valence-corrected chi connectivity index (χ3v) is 10.0. The maximum Gasteiger partial charge on any atom is 0.279 e. The summed E-state index contributed by atoms with van der Waals surface area (Å²) >= 11 is 4.39. The summed E-state index contributed by atoms with van der Waals surface area (Å²) in [7, 11) is -3.98. The third-order valence-electron chi connectivity index (χ3n) is 6.92. The Hall–Kier alpha value is -2.25.